The molecule has 0 aliphatic carbocycles. The van der Waals surface area contributed by atoms with E-state index in [-0.39, 0.29) is 51.9 Å². The Morgan fingerprint density at radius 3 is 2.11 bits per heavy atom. The third-order valence-electron chi connectivity index (χ3n) is 8.32. The fourth-order valence-corrected chi connectivity index (χ4v) is 6.47. The van der Waals surface area contributed by atoms with Crippen molar-refractivity contribution in [3.63, 3.8) is 0 Å². The molecule has 4 atom stereocenters. The lowest BCUT2D eigenvalue weighted by Crippen LogP contribution is -2.52. The molecule has 2 fully saturated rings. The average Bonchev–Trinajstić information content (AvgIpc) is 3.61. The molecule has 2 aromatic heterocycles. The fourth-order valence-electron chi connectivity index (χ4n) is 6.15. The Kier molecular flexibility index (Phi) is 9.33. The van der Waals surface area contributed by atoms with Crippen molar-refractivity contribution in [2.24, 2.45) is 0 Å². The zero-order valence-electron chi connectivity index (χ0n) is 23.5. The zero-order chi connectivity index (χ0) is 31.6. The van der Waals surface area contributed by atoms with Crippen LogP contribution in [0.1, 0.15) is 73.1 Å². The summed E-state index contributed by atoms with van der Waals surface area (Å²) in [6.45, 7) is 2.62. The van der Waals surface area contributed by atoms with E-state index in [1.54, 1.807) is 19.1 Å². The van der Waals surface area contributed by atoms with Crippen LogP contribution in [0.2, 0.25) is 10.0 Å². The standard InChI is InChI=1S/C16H16ClFN2O4.C14H14ClFN2O2/c1-16(11-3-2-10(17)6-12(11)18)8-9(4-5-20(16)15(22)23)13-7-14(21)19-24-13;15-9-1-2-10(11(16)6-9)12-5-8(3-4-17-12)13-7-14(19)18-20-13/h2-3,6-7,9H,4-5,8H2,1H3,(H,19,21)(H,22,23);1-2,6-8,12,17H,3-5H2,(H,18,19)/t9-,16-;/m0./s1. The van der Waals surface area contributed by atoms with Gasteiger partial charge in [0, 0.05) is 57.7 Å². The molecule has 2 aliphatic heterocycles. The second-order valence-corrected chi connectivity index (χ2v) is 12.0. The molecule has 2 saturated heterocycles. The van der Waals surface area contributed by atoms with E-state index in [1.807, 2.05) is 0 Å². The number of amides is 1. The number of carboxylic acid groups (broad SMARTS) is 1. The van der Waals surface area contributed by atoms with E-state index >= 15 is 0 Å². The molecular weight excluding hydrogens is 621 g/mol. The van der Waals surface area contributed by atoms with Crippen LogP contribution < -0.4 is 16.4 Å². The van der Waals surface area contributed by atoms with Crippen molar-refractivity contribution in [1.82, 2.24) is 20.5 Å². The average molecular weight is 651 g/mol. The number of nitrogens with one attached hydrogen (secondary N) is 3. The maximum atomic E-state index is 14.5. The van der Waals surface area contributed by atoms with E-state index < -0.39 is 17.4 Å². The van der Waals surface area contributed by atoms with Crippen molar-refractivity contribution in [3.05, 3.63) is 114 Å². The van der Waals surface area contributed by atoms with Gasteiger partial charge in [-0.25, -0.2) is 13.6 Å². The van der Waals surface area contributed by atoms with Gasteiger partial charge in [0.1, 0.15) is 23.2 Å². The van der Waals surface area contributed by atoms with Crippen molar-refractivity contribution in [2.75, 3.05) is 13.1 Å². The summed E-state index contributed by atoms with van der Waals surface area (Å²) in [5, 5.41) is 18.0. The number of carbonyl (C=O) groups is 1. The fraction of sp³-hybridized carbons (Fsp3) is 0.367. The van der Waals surface area contributed by atoms with Crippen molar-refractivity contribution < 1.29 is 27.7 Å². The summed E-state index contributed by atoms with van der Waals surface area (Å²) in [6, 6.07) is 11.6. The van der Waals surface area contributed by atoms with Crippen LogP contribution in [0.3, 0.4) is 0 Å². The topological polar surface area (TPSA) is 145 Å². The molecule has 14 heteroatoms. The number of nitrogens with zero attached hydrogens (tertiary/aromatic N) is 1. The summed E-state index contributed by atoms with van der Waals surface area (Å²) in [4.78, 5) is 35.3. The molecule has 4 N–H and O–H groups in total. The Hall–Kier alpha value is -3.87. The van der Waals surface area contributed by atoms with Crippen LogP contribution in [0.5, 0.6) is 0 Å². The summed E-state index contributed by atoms with van der Waals surface area (Å²) in [5.41, 5.74) is -0.856. The van der Waals surface area contributed by atoms with Crippen molar-refractivity contribution in [1.29, 1.82) is 0 Å². The number of benzene rings is 2. The van der Waals surface area contributed by atoms with Gasteiger partial charge in [0.25, 0.3) is 11.1 Å². The van der Waals surface area contributed by atoms with E-state index in [2.05, 4.69) is 15.6 Å². The van der Waals surface area contributed by atoms with Crippen LogP contribution in [-0.4, -0.2) is 39.5 Å². The van der Waals surface area contributed by atoms with E-state index in [4.69, 9.17) is 32.2 Å². The van der Waals surface area contributed by atoms with Gasteiger partial charge in [0.05, 0.1) is 5.54 Å². The van der Waals surface area contributed by atoms with Crippen LogP contribution >= 0.6 is 23.2 Å². The summed E-state index contributed by atoms with van der Waals surface area (Å²) in [5.74, 6) is 0.120. The number of likely N-dealkylation sites (tertiary alicyclic amines) is 1. The first-order valence-corrected chi connectivity index (χ1v) is 14.7. The van der Waals surface area contributed by atoms with Crippen molar-refractivity contribution in [2.45, 2.75) is 56.0 Å². The molecule has 0 spiro atoms. The highest BCUT2D eigenvalue weighted by Gasteiger charge is 2.45. The highest BCUT2D eigenvalue weighted by atomic mass is 35.5. The van der Waals surface area contributed by atoms with E-state index in [9.17, 15) is 28.3 Å². The van der Waals surface area contributed by atoms with Gasteiger partial charge in [-0.05, 0) is 63.4 Å². The molecule has 10 nitrogen and oxygen atoms in total. The molecule has 2 aliphatic rings. The quantitative estimate of drug-likeness (QED) is 0.197. The van der Waals surface area contributed by atoms with Gasteiger partial charge in [0.15, 0.2) is 0 Å². The number of H-pyrrole nitrogens is 2. The van der Waals surface area contributed by atoms with Crippen molar-refractivity contribution in [3.8, 4) is 0 Å². The first-order valence-electron chi connectivity index (χ1n) is 14.0. The molecule has 0 saturated carbocycles. The maximum Gasteiger partial charge on any atom is 0.408 e. The second kappa shape index (κ2) is 13.0. The maximum absolute atomic E-state index is 14.5. The van der Waals surface area contributed by atoms with E-state index in [1.165, 1.54) is 41.3 Å². The Bertz CT molecular complexity index is 1750. The van der Waals surface area contributed by atoms with E-state index in [0.717, 1.165) is 13.0 Å². The number of hydrogen-bond donors (Lipinski definition) is 4. The molecule has 44 heavy (non-hydrogen) atoms. The minimum atomic E-state index is -1.12. The van der Waals surface area contributed by atoms with Gasteiger partial charge in [-0.3, -0.25) is 14.5 Å². The van der Waals surface area contributed by atoms with Crippen LogP contribution in [0, 0.1) is 11.6 Å². The summed E-state index contributed by atoms with van der Waals surface area (Å²) >= 11 is 11.6. The molecular formula is C30H30Cl2F2N4O6. The van der Waals surface area contributed by atoms with Crippen LogP contribution in [0.15, 0.2) is 67.2 Å². The number of rotatable bonds is 4. The van der Waals surface area contributed by atoms with Gasteiger partial charge < -0.3 is 19.5 Å². The molecule has 234 valence electrons. The zero-order valence-corrected chi connectivity index (χ0v) is 25.1. The van der Waals surface area contributed by atoms with Gasteiger partial charge in [0.2, 0.25) is 0 Å². The first-order chi connectivity index (χ1) is 20.9. The van der Waals surface area contributed by atoms with Crippen LogP contribution in [0.25, 0.3) is 0 Å². The van der Waals surface area contributed by atoms with Crippen LogP contribution in [0.4, 0.5) is 13.6 Å². The third-order valence-corrected chi connectivity index (χ3v) is 8.79. The minimum absolute atomic E-state index is 0.105. The number of halogens is 4. The highest BCUT2D eigenvalue weighted by Crippen LogP contribution is 2.45. The smallest absolute Gasteiger partial charge is 0.408 e. The first kappa shape index (κ1) is 31.6. The normalized spacial score (nSPS) is 23.6. The Labute approximate surface area is 259 Å². The Morgan fingerprint density at radius 1 is 0.932 bits per heavy atom. The molecule has 0 bridgehead atoms. The molecule has 0 radical (unpaired) electrons. The summed E-state index contributed by atoms with van der Waals surface area (Å²) < 4.78 is 38.7. The lowest BCUT2D eigenvalue weighted by atomic mass is 9.76. The lowest BCUT2D eigenvalue weighted by Gasteiger charge is -2.46. The minimum Gasteiger partial charge on any atom is -0.465 e. The monoisotopic (exact) mass is 650 g/mol. The predicted octanol–water partition coefficient (Wildman–Crippen LogP) is 6.50. The van der Waals surface area contributed by atoms with Gasteiger partial charge >= 0.3 is 6.09 Å². The van der Waals surface area contributed by atoms with Crippen LogP contribution in [-0.2, 0) is 5.54 Å². The molecule has 2 aromatic carbocycles. The lowest BCUT2D eigenvalue weighted by molar-refractivity contribution is 0.0420. The Balaban J connectivity index is 0.000000177. The van der Waals surface area contributed by atoms with Gasteiger partial charge in [-0.15, -0.1) is 0 Å². The molecule has 2 unspecified atom stereocenters. The second-order valence-electron chi connectivity index (χ2n) is 11.1. The molecule has 6 rings (SSSR count). The summed E-state index contributed by atoms with van der Waals surface area (Å²) in [7, 11) is 0. The predicted molar refractivity (Wildman–Crippen MR) is 158 cm³/mol. The molecule has 1 amide bonds. The van der Waals surface area contributed by atoms with Gasteiger partial charge in [-0.2, -0.15) is 10.3 Å². The molecule has 4 heterocycles. The highest BCUT2D eigenvalue weighted by molar-refractivity contribution is 6.30. The number of piperidine rings is 2. The SMILES string of the molecule is C[C@@]1(c2ccc(Cl)cc2F)C[C@@H](c2cc(=O)[nH]o2)CCN1C(=O)O.O=c1cc(C2CCNC(c3ccc(Cl)cc3F)C2)o[nH]1. The molecule has 4 aromatic rings. The van der Waals surface area contributed by atoms with Gasteiger partial charge in [-0.1, -0.05) is 35.3 Å². The largest absolute Gasteiger partial charge is 0.465 e. The van der Waals surface area contributed by atoms with E-state index in [0.29, 0.717) is 41.4 Å². The summed E-state index contributed by atoms with van der Waals surface area (Å²) in [6.07, 6.45) is 1.18. The Morgan fingerprint density at radius 2 is 1.55 bits per heavy atom. The number of hydrogen-bond acceptors (Lipinski definition) is 6. The number of aromatic amines is 2. The third kappa shape index (κ3) is 6.77. The number of aromatic nitrogens is 2. The van der Waals surface area contributed by atoms with Crippen molar-refractivity contribution >= 4 is 29.3 Å².